The molecule has 0 spiro atoms. The number of halogens is 2. The number of hydrogen-bond acceptors (Lipinski definition) is 3. The van der Waals surface area contributed by atoms with Crippen molar-refractivity contribution in [3.63, 3.8) is 0 Å². The van der Waals surface area contributed by atoms with E-state index < -0.39 is 11.9 Å². The minimum absolute atomic E-state index is 0.0173. The monoisotopic (exact) mass is 448 g/mol. The van der Waals surface area contributed by atoms with Crippen LogP contribution in [0, 0.1) is 5.82 Å². The van der Waals surface area contributed by atoms with Crippen molar-refractivity contribution < 1.29 is 18.7 Å². The van der Waals surface area contributed by atoms with Crippen LogP contribution in [0.15, 0.2) is 42.5 Å². The standard InChI is InChI=1S/C24H30ClFN2O3/c1-5-16(3)27-24(30)22(6-2)28(15-17-9-7-10-18(13-17)31-4)23(29)14-19-20(25)11-8-12-21(19)26/h7-13,16,22H,5-6,14-15H2,1-4H3,(H,27,30)/t16-,22-/m1/s1. The number of carbonyl (C=O) groups excluding carboxylic acids is 2. The maximum absolute atomic E-state index is 14.3. The van der Waals surface area contributed by atoms with Gasteiger partial charge in [0.15, 0.2) is 0 Å². The lowest BCUT2D eigenvalue weighted by Gasteiger charge is -2.31. The molecule has 2 amide bonds. The molecule has 1 N–H and O–H groups in total. The number of rotatable bonds is 10. The van der Waals surface area contributed by atoms with Gasteiger partial charge >= 0.3 is 0 Å². The molecule has 2 atom stereocenters. The zero-order valence-corrected chi connectivity index (χ0v) is 19.2. The Kier molecular flexibility index (Phi) is 9.31. The quantitative estimate of drug-likeness (QED) is 0.570. The number of benzene rings is 2. The fourth-order valence-corrected chi connectivity index (χ4v) is 3.51. The zero-order chi connectivity index (χ0) is 23.0. The number of methoxy groups -OCH3 is 1. The number of carbonyl (C=O) groups is 2. The topological polar surface area (TPSA) is 58.6 Å². The highest BCUT2D eigenvalue weighted by atomic mass is 35.5. The molecule has 0 fully saturated rings. The highest BCUT2D eigenvalue weighted by Crippen LogP contribution is 2.23. The van der Waals surface area contributed by atoms with Gasteiger partial charge in [-0.15, -0.1) is 0 Å². The molecule has 0 radical (unpaired) electrons. The fourth-order valence-electron chi connectivity index (χ4n) is 3.28. The van der Waals surface area contributed by atoms with E-state index in [1.165, 1.54) is 17.0 Å². The lowest BCUT2D eigenvalue weighted by Crippen LogP contribution is -2.51. The van der Waals surface area contributed by atoms with Crippen molar-refractivity contribution in [2.75, 3.05) is 7.11 Å². The van der Waals surface area contributed by atoms with Gasteiger partial charge in [-0.2, -0.15) is 0 Å². The molecule has 0 heterocycles. The normalized spacial score (nSPS) is 12.7. The van der Waals surface area contributed by atoms with Gasteiger partial charge in [0.05, 0.1) is 13.5 Å². The number of hydrogen-bond donors (Lipinski definition) is 1. The van der Waals surface area contributed by atoms with Crippen LogP contribution < -0.4 is 10.1 Å². The smallest absolute Gasteiger partial charge is 0.243 e. The number of nitrogens with zero attached hydrogens (tertiary/aromatic N) is 1. The minimum Gasteiger partial charge on any atom is -0.497 e. The number of ether oxygens (including phenoxy) is 1. The molecule has 0 aliphatic rings. The molecule has 2 aromatic carbocycles. The summed E-state index contributed by atoms with van der Waals surface area (Å²) in [5.41, 5.74) is 0.934. The van der Waals surface area contributed by atoms with E-state index in [-0.39, 0.29) is 41.4 Å². The molecule has 2 rings (SSSR count). The summed E-state index contributed by atoms with van der Waals surface area (Å²) in [7, 11) is 1.57. The van der Waals surface area contributed by atoms with Gasteiger partial charge in [0.2, 0.25) is 11.8 Å². The molecule has 0 bridgehead atoms. The van der Waals surface area contributed by atoms with Crippen LogP contribution in [-0.4, -0.2) is 35.9 Å². The average Bonchev–Trinajstić information content (AvgIpc) is 2.76. The molecule has 0 saturated heterocycles. The minimum atomic E-state index is -0.696. The van der Waals surface area contributed by atoms with Crippen molar-refractivity contribution >= 4 is 23.4 Å². The molecule has 7 heteroatoms. The molecule has 2 aromatic rings. The Bertz CT molecular complexity index is 886. The molecule has 0 unspecified atom stereocenters. The van der Waals surface area contributed by atoms with Crippen LogP contribution in [-0.2, 0) is 22.6 Å². The van der Waals surface area contributed by atoms with Crippen LogP contribution in [0.1, 0.15) is 44.7 Å². The third-order valence-electron chi connectivity index (χ3n) is 5.26. The van der Waals surface area contributed by atoms with Crippen LogP contribution in [0.5, 0.6) is 5.75 Å². The third-order valence-corrected chi connectivity index (χ3v) is 5.62. The first-order chi connectivity index (χ1) is 14.8. The van der Waals surface area contributed by atoms with Crippen molar-refractivity contribution in [3.8, 4) is 5.75 Å². The molecule has 0 aromatic heterocycles. The Morgan fingerprint density at radius 3 is 2.48 bits per heavy atom. The first-order valence-electron chi connectivity index (χ1n) is 10.5. The lowest BCUT2D eigenvalue weighted by atomic mass is 10.1. The highest BCUT2D eigenvalue weighted by molar-refractivity contribution is 6.31. The summed E-state index contributed by atoms with van der Waals surface area (Å²) in [6.45, 7) is 5.93. The predicted octanol–water partition coefficient (Wildman–Crippen LogP) is 4.75. The van der Waals surface area contributed by atoms with E-state index in [1.807, 2.05) is 45.0 Å². The van der Waals surface area contributed by atoms with Crippen LogP contribution in [0.3, 0.4) is 0 Å². The van der Waals surface area contributed by atoms with Gasteiger partial charge < -0.3 is 15.0 Å². The summed E-state index contributed by atoms with van der Waals surface area (Å²) in [5, 5.41) is 3.14. The van der Waals surface area contributed by atoms with Crippen molar-refractivity contribution in [3.05, 3.63) is 64.4 Å². The Morgan fingerprint density at radius 1 is 1.16 bits per heavy atom. The SMILES string of the molecule is CC[C@@H](C)NC(=O)[C@@H](CC)N(Cc1cccc(OC)c1)C(=O)Cc1c(F)cccc1Cl. The van der Waals surface area contributed by atoms with Gasteiger partial charge in [-0.3, -0.25) is 9.59 Å². The first kappa shape index (κ1) is 24.7. The van der Waals surface area contributed by atoms with Gasteiger partial charge in [0, 0.05) is 23.2 Å². The van der Waals surface area contributed by atoms with Crippen LogP contribution >= 0.6 is 11.6 Å². The Hall–Kier alpha value is -2.60. The van der Waals surface area contributed by atoms with E-state index in [9.17, 15) is 14.0 Å². The summed E-state index contributed by atoms with van der Waals surface area (Å²) in [6, 6.07) is 10.9. The average molecular weight is 449 g/mol. The van der Waals surface area contributed by atoms with E-state index in [2.05, 4.69) is 5.32 Å². The van der Waals surface area contributed by atoms with Gasteiger partial charge in [0.1, 0.15) is 17.6 Å². The second-order valence-corrected chi connectivity index (χ2v) is 7.90. The molecular formula is C24H30ClFN2O3. The largest absolute Gasteiger partial charge is 0.497 e. The van der Waals surface area contributed by atoms with E-state index in [0.717, 1.165) is 12.0 Å². The molecule has 168 valence electrons. The van der Waals surface area contributed by atoms with Crippen molar-refractivity contribution in [1.82, 2.24) is 10.2 Å². The molecule has 5 nitrogen and oxygen atoms in total. The summed E-state index contributed by atoms with van der Waals surface area (Å²) in [5.74, 6) is -0.493. The van der Waals surface area contributed by atoms with E-state index in [4.69, 9.17) is 16.3 Å². The lowest BCUT2D eigenvalue weighted by molar-refractivity contribution is -0.141. The molecule has 0 aliphatic carbocycles. The number of nitrogens with one attached hydrogen (secondary N) is 1. The molecule has 0 saturated carbocycles. The third kappa shape index (κ3) is 6.69. The fraction of sp³-hybridized carbons (Fsp3) is 0.417. The number of amides is 2. The molecule has 31 heavy (non-hydrogen) atoms. The van der Waals surface area contributed by atoms with Crippen molar-refractivity contribution in [2.45, 2.75) is 58.7 Å². The van der Waals surface area contributed by atoms with Gasteiger partial charge in [-0.05, 0) is 49.6 Å². The highest BCUT2D eigenvalue weighted by Gasteiger charge is 2.30. The van der Waals surface area contributed by atoms with Gasteiger partial charge in [-0.25, -0.2) is 4.39 Å². The van der Waals surface area contributed by atoms with E-state index >= 15 is 0 Å². The van der Waals surface area contributed by atoms with Crippen LogP contribution in [0.4, 0.5) is 4.39 Å². The second-order valence-electron chi connectivity index (χ2n) is 7.49. The predicted molar refractivity (Wildman–Crippen MR) is 121 cm³/mol. The summed E-state index contributed by atoms with van der Waals surface area (Å²) < 4.78 is 19.6. The second kappa shape index (κ2) is 11.7. The first-order valence-corrected chi connectivity index (χ1v) is 10.8. The van der Waals surface area contributed by atoms with Crippen LogP contribution in [0.2, 0.25) is 5.02 Å². The van der Waals surface area contributed by atoms with Crippen molar-refractivity contribution in [1.29, 1.82) is 0 Å². The van der Waals surface area contributed by atoms with E-state index in [0.29, 0.717) is 12.2 Å². The van der Waals surface area contributed by atoms with E-state index in [1.54, 1.807) is 13.2 Å². The summed E-state index contributed by atoms with van der Waals surface area (Å²) >= 11 is 6.14. The Balaban J connectivity index is 2.37. The molecule has 0 aliphatic heterocycles. The van der Waals surface area contributed by atoms with Crippen LogP contribution in [0.25, 0.3) is 0 Å². The Morgan fingerprint density at radius 2 is 1.87 bits per heavy atom. The zero-order valence-electron chi connectivity index (χ0n) is 18.5. The summed E-state index contributed by atoms with van der Waals surface area (Å²) in [4.78, 5) is 27.8. The maximum atomic E-state index is 14.3. The van der Waals surface area contributed by atoms with Gasteiger partial charge in [-0.1, -0.05) is 43.6 Å². The van der Waals surface area contributed by atoms with Crippen molar-refractivity contribution in [2.24, 2.45) is 0 Å². The maximum Gasteiger partial charge on any atom is 0.243 e. The molecular weight excluding hydrogens is 419 g/mol. The summed E-state index contributed by atoms with van der Waals surface area (Å²) in [6.07, 6.45) is 0.961. The van der Waals surface area contributed by atoms with Gasteiger partial charge in [0.25, 0.3) is 0 Å². The Labute approximate surface area is 188 Å².